The highest BCUT2D eigenvalue weighted by atomic mass is 32.2. The number of carbonyl (C=O) groups is 1. The van der Waals surface area contributed by atoms with Crippen LogP contribution in [0.1, 0.15) is 25.0 Å². The average Bonchev–Trinajstić information content (AvgIpc) is 3.09. The van der Waals surface area contributed by atoms with Crippen molar-refractivity contribution in [2.75, 3.05) is 13.1 Å². The molecule has 0 bridgehead atoms. The van der Waals surface area contributed by atoms with Crippen molar-refractivity contribution in [2.24, 2.45) is 4.99 Å². The third-order valence-electron chi connectivity index (χ3n) is 4.50. The molecule has 32 heavy (non-hydrogen) atoms. The van der Waals surface area contributed by atoms with Crippen molar-refractivity contribution in [3.8, 4) is 5.75 Å². The van der Waals surface area contributed by atoms with Crippen LogP contribution in [0.3, 0.4) is 0 Å². The van der Waals surface area contributed by atoms with Crippen molar-refractivity contribution in [3.63, 3.8) is 0 Å². The molecule has 0 aromatic heterocycles. The van der Waals surface area contributed by atoms with Crippen LogP contribution in [0.4, 0.5) is 13.2 Å². The normalized spacial score (nSPS) is 15.8. The molecule has 0 fully saturated rings. The fourth-order valence-electron chi connectivity index (χ4n) is 2.98. The Kier molecular flexibility index (Phi) is 6.70. The molecule has 1 aliphatic heterocycles. The molecule has 11 heteroatoms. The maximum atomic E-state index is 12.6. The van der Waals surface area contributed by atoms with Gasteiger partial charge >= 0.3 is 12.3 Å². The molecule has 0 spiro atoms. The first-order valence-electron chi connectivity index (χ1n) is 9.53. The van der Waals surface area contributed by atoms with E-state index in [-0.39, 0.29) is 22.1 Å². The molecular weight excluding hydrogens is 449 g/mol. The van der Waals surface area contributed by atoms with Crippen LogP contribution in [0.15, 0.2) is 64.1 Å². The standard InChI is InChI=1S/C21H19F3N2O5S/c1-3-26(4-2)32(28,29)16-11-9-14(10-12-16)19-25-17(20(27)30-19)13-15-7-5-6-8-18(15)31-21(22,23)24/h5-13H,3-4H2,1-2H3/b17-13-. The number of esters is 1. The summed E-state index contributed by atoms with van der Waals surface area (Å²) >= 11 is 0. The molecule has 170 valence electrons. The van der Waals surface area contributed by atoms with E-state index in [9.17, 15) is 26.4 Å². The van der Waals surface area contributed by atoms with Gasteiger partial charge in [0, 0.05) is 24.2 Å². The molecule has 0 aliphatic carbocycles. The maximum Gasteiger partial charge on any atom is 0.573 e. The summed E-state index contributed by atoms with van der Waals surface area (Å²) in [7, 11) is -3.65. The zero-order valence-electron chi connectivity index (χ0n) is 17.1. The first-order chi connectivity index (χ1) is 15.0. The minimum Gasteiger partial charge on any atom is -0.405 e. The van der Waals surface area contributed by atoms with E-state index in [1.54, 1.807) is 13.8 Å². The van der Waals surface area contributed by atoms with E-state index in [1.807, 2.05) is 0 Å². The number of nitrogens with zero attached hydrogens (tertiary/aromatic N) is 2. The van der Waals surface area contributed by atoms with Gasteiger partial charge < -0.3 is 9.47 Å². The summed E-state index contributed by atoms with van der Waals surface area (Å²) in [6, 6.07) is 10.9. The Morgan fingerprint density at radius 1 is 1.06 bits per heavy atom. The number of alkyl halides is 3. The average molecular weight is 468 g/mol. The predicted molar refractivity (Wildman–Crippen MR) is 110 cm³/mol. The summed E-state index contributed by atoms with van der Waals surface area (Å²) in [5.74, 6) is -1.45. The van der Waals surface area contributed by atoms with E-state index in [0.717, 1.165) is 12.1 Å². The summed E-state index contributed by atoms with van der Waals surface area (Å²) in [6.45, 7) is 4.10. The number of cyclic esters (lactones) is 1. The number of carbonyl (C=O) groups excluding carboxylic acids is 1. The molecule has 1 heterocycles. The van der Waals surface area contributed by atoms with E-state index in [1.165, 1.54) is 46.8 Å². The van der Waals surface area contributed by atoms with Crippen LogP contribution >= 0.6 is 0 Å². The molecule has 0 saturated heterocycles. The second kappa shape index (κ2) is 9.13. The van der Waals surface area contributed by atoms with Crippen molar-refractivity contribution in [2.45, 2.75) is 25.1 Å². The number of hydrogen-bond donors (Lipinski definition) is 0. The predicted octanol–water partition coefficient (Wildman–Crippen LogP) is 3.96. The van der Waals surface area contributed by atoms with E-state index in [4.69, 9.17) is 4.74 Å². The number of sulfonamides is 1. The van der Waals surface area contributed by atoms with Gasteiger partial charge in [-0.1, -0.05) is 32.0 Å². The summed E-state index contributed by atoms with van der Waals surface area (Å²) in [4.78, 5) is 16.3. The maximum absolute atomic E-state index is 12.6. The molecule has 2 aromatic carbocycles. The van der Waals surface area contributed by atoms with Crippen LogP contribution in [0.5, 0.6) is 5.75 Å². The second-order valence-corrected chi connectivity index (χ2v) is 8.47. The van der Waals surface area contributed by atoms with Crippen molar-refractivity contribution >= 4 is 28.0 Å². The molecule has 0 atom stereocenters. The molecule has 2 aromatic rings. The molecule has 0 amide bonds. The van der Waals surface area contributed by atoms with E-state index >= 15 is 0 Å². The number of halogens is 3. The second-order valence-electron chi connectivity index (χ2n) is 6.54. The molecule has 1 aliphatic rings. The van der Waals surface area contributed by atoms with Crippen LogP contribution in [0, 0.1) is 0 Å². The van der Waals surface area contributed by atoms with Gasteiger partial charge in [-0.25, -0.2) is 18.2 Å². The first-order valence-corrected chi connectivity index (χ1v) is 11.0. The molecule has 3 rings (SSSR count). The van der Waals surface area contributed by atoms with E-state index in [0.29, 0.717) is 18.7 Å². The van der Waals surface area contributed by atoms with Crippen LogP contribution in [-0.4, -0.2) is 44.0 Å². The number of para-hydroxylation sites is 1. The van der Waals surface area contributed by atoms with Crippen molar-refractivity contribution in [1.82, 2.24) is 4.31 Å². The lowest BCUT2D eigenvalue weighted by Crippen LogP contribution is -2.30. The van der Waals surface area contributed by atoms with Gasteiger partial charge in [0.25, 0.3) is 0 Å². The molecule has 7 nitrogen and oxygen atoms in total. The Morgan fingerprint density at radius 3 is 2.28 bits per heavy atom. The lowest BCUT2D eigenvalue weighted by Gasteiger charge is -2.18. The number of ether oxygens (including phenoxy) is 2. The monoisotopic (exact) mass is 468 g/mol. The van der Waals surface area contributed by atoms with Crippen LogP contribution in [0.25, 0.3) is 6.08 Å². The zero-order chi connectivity index (χ0) is 23.5. The number of rotatable bonds is 7. The number of benzene rings is 2. The SMILES string of the molecule is CCN(CC)S(=O)(=O)c1ccc(C2=N/C(=C\c3ccccc3OC(F)(F)F)C(=O)O2)cc1. The Morgan fingerprint density at radius 2 is 1.69 bits per heavy atom. The smallest absolute Gasteiger partial charge is 0.405 e. The Bertz CT molecular complexity index is 1170. The Balaban J connectivity index is 1.89. The molecule has 0 N–H and O–H groups in total. The Hall–Kier alpha value is -3.18. The minimum atomic E-state index is -4.90. The molecule has 0 saturated carbocycles. The van der Waals surface area contributed by atoms with Gasteiger partial charge in [0.2, 0.25) is 15.9 Å². The van der Waals surface area contributed by atoms with Crippen molar-refractivity contribution in [3.05, 3.63) is 65.4 Å². The van der Waals surface area contributed by atoms with Gasteiger partial charge in [0.15, 0.2) is 5.70 Å². The fraction of sp³-hybridized carbons (Fsp3) is 0.238. The fourth-order valence-corrected chi connectivity index (χ4v) is 4.44. The first kappa shape index (κ1) is 23.5. The highest BCUT2D eigenvalue weighted by Crippen LogP contribution is 2.29. The Labute approximate surface area is 182 Å². The van der Waals surface area contributed by atoms with Crippen molar-refractivity contribution in [1.29, 1.82) is 0 Å². The minimum absolute atomic E-state index is 0.0116. The van der Waals surface area contributed by atoms with E-state index in [2.05, 4.69) is 9.73 Å². The summed E-state index contributed by atoms with van der Waals surface area (Å²) in [5, 5.41) is 0. The topological polar surface area (TPSA) is 85.3 Å². The lowest BCUT2D eigenvalue weighted by molar-refractivity contribution is -0.274. The quantitative estimate of drug-likeness (QED) is 0.454. The third-order valence-corrected chi connectivity index (χ3v) is 6.57. The van der Waals surface area contributed by atoms with Gasteiger partial charge in [0.1, 0.15) is 5.75 Å². The molecule has 0 unspecified atom stereocenters. The number of aliphatic imine (C=N–C) groups is 1. The highest BCUT2D eigenvalue weighted by molar-refractivity contribution is 7.89. The molecular formula is C21H19F3N2O5S. The largest absolute Gasteiger partial charge is 0.573 e. The lowest BCUT2D eigenvalue weighted by atomic mass is 10.1. The third kappa shape index (κ3) is 5.17. The van der Waals surface area contributed by atoms with Gasteiger partial charge in [-0.15, -0.1) is 13.2 Å². The molecule has 0 radical (unpaired) electrons. The summed E-state index contributed by atoms with van der Waals surface area (Å²) in [5.41, 5.74) is 0.0978. The number of hydrogen-bond acceptors (Lipinski definition) is 6. The highest BCUT2D eigenvalue weighted by Gasteiger charge is 2.32. The van der Waals surface area contributed by atoms with Crippen molar-refractivity contribution < 1.29 is 35.9 Å². The van der Waals surface area contributed by atoms with Gasteiger partial charge in [-0.05, 0) is 36.4 Å². The van der Waals surface area contributed by atoms with Gasteiger partial charge in [-0.2, -0.15) is 4.31 Å². The zero-order valence-corrected chi connectivity index (χ0v) is 17.9. The van der Waals surface area contributed by atoms with Gasteiger partial charge in [-0.3, -0.25) is 0 Å². The van der Waals surface area contributed by atoms with E-state index < -0.39 is 28.1 Å². The van der Waals surface area contributed by atoms with Crippen LogP contribution in [-0.2, 0) is 19.6 Å². The van der Waals surface area contributed by atoms with Gasteiger partial charge in [0.05, 0.1) is 4.90 Å². The summed E-state index contributed by atoms with van der Waals surface area (Å²) < 4.78 is 73.3. The summed E-state index contributed by atoms with van der Waals surface area (Å²) in [6.07, 6.45) is -3.78. The van der Waals surface area contributed by atoms with Crippen LogP contribution in [0.2, 0.25) is 0 Å². The van der Waals surface area contributed by atoms with Crippen LogP contribution < -0.4 is 4.74 Å².